The Balaban J connectivity index is 2.26. The van der Waals surface area contributed by atoms with Crippen molar-refractivity contribution in [2.75, 3.05) is 0 Å². The lowest BCUT2D eigenvalue weighted by molar-refractivity contribution is -0.187. The van der Waals surface area contributed by atoms with E-state index < -0.39 is 46.6 Å². The second-order valence-electron chi connectivity index (χ2n) is 6.15. The number of ether oxygens (including phenoxy) is 1. The van der Waals surface area contributed by atoms with Gasteiger partial charge in [0, 0.05) is 12.1 Å². The Morgan fingerprint density at radius 2 is 1.43 bits per heavy atom. The van der Waals surface area contributed by atoms with Gasteiger partial charge in [-0.2, -0.15) is 22.0 Å². The minimum atomic E-state index is -5.35. The summed E-state index contributed by atoms with van der Waals surface area (Å²) in [5, 5.41) is 0. The molecule has 2 rings (SSSR count). The van der Waals surface area contributed by atoms with Crippen molar-refractivity contribution in [1.82, 2.24) is 0 Å². The number of hydrogen-bond donors (Lipinski definition) is 0. The fourth-order valence-corrected chi connectivity index (χ4v) is 2.61. The Morgan fingerprint density at radius 1 is 0.821 bits per heavy atom. The van der Waals surface area contributed by atoms with E-state index in [0.717, 1.165) is 31.4 Å². The monoisotopic (exact) mass is 412 g/mol. The maximum atomic E-state index is 14.2. The number of rotatable bonds is 7. The quantitative estimate of drug-likeness (QED) is 0.352. The van der Waals surface area contributed by atoms with Gasteiger partial charge in [0.2, 0.25) is 0 Å². The molecular weight excluding hydrogens is 396 g/mol. The number of aryl methyl sites for hydroxylation is 1. The zero-order valence-electron chi connectivity index (χ0n) is 14.6. The Morgan fingerprint density at radius 3 is 1.93 bits per heavy atom. The second kappa shape index (κ2) is 8.36. The maximum absolute atomic E-state index is 14.2. The van der Waals surface area contributed by atoms with E-state index >= 15 is 0 Å². The zero-order chi connectivity index (χ0) is 21.1. The van der Waals surface area contributed by atoms with Crippen LogP contribution in [0.1, 0.15) is 42.9 Å². The third kappa shape index (κ3) is 5.14. The van der Waals surface area contributed by atoms with Crippen molar-refractivity contribution >= 4 is 0 Å². The fourth-order valence-electron chi connectivity index (χ4n) is 2.61. The molecule has 0 aliphatic rings. The van der Waals surface area contributed by atoms with Crippen LogP contribution in [-0.4, -0.2) is 0 Å². The minimum Gasteiger partial charge on any atom is -0.429 e. The molecule has 0 amide bonds. The summed E-state index contributed by atoms with van der Waals surface area (Å²) in [6.07, 6.45) is -6.68. The normalized spacial score (nSPS) is 12.3. The largest absolute Gasteiger partial charge is 0.429 e. The summed E-state index contributed by atoms with van der Waals surface area (Å²) in [5.41, 5.74) is -2.95. The molecule has 0 bridgehead atoms. The first kappa shape index (κ1) is 22.0. The number of alkyl halides is 5. The van der Waals surface area contributed by atoms with Crippen molar-refractivity contribution in [3.05, 3.63) is 64.5 Å². The van der Waals surface area contributed by atoms with Crippen LogP contribution in [0.5, 0.6) is 5.75 Å². The summed E-state index contributed by atoms with van der Waals surface area (Å²) in [7, 11) is 0. The van der Waals surface area contributed by atoms with Gasteiger partial charge in [-0.1, -0.05) is 25.8 Å². The molecule has 0 saturated heterocycles. The standard InChI is InChI=1S/C19H16F8O/c1-2-3-4-5-11-6-7-13(14(20)8-11)19(26,27)28-12-9-15(21)17(16(22)10-12)18(23,24)25/h6-10H,2-5H2,1H3. The van der Waals surface area contributed by atoms with Crippen LogP contribution in [0.4, 0.5) is 35.1 Å². The van der Waals surface area contributed by atoms with Crippen LogP contribution < -0.4 is 4.74 Å². The molecule has 0 unspecified atom stereocenters. The van der Waals surface area contributed by atoms with Gasteiger partial charge in [0.05, 0.1) is 5.56 Å². The summed E-state index contributed by atoms with van der Waals surface area (Å²) in [6, 6.07) is 2.87. The molecule has 0 N–H and O–H groups in total. The highest BCUT2D eigenvalue weighted by molar-refractivity contribution is 5.34. The molecule has 0 aliphatic heterocycles. The molecule has 0 heterocycles. The Bertz CT molecular complexity index is 806. The van der Waals surface area contributed by atoms with Gasteiger partial charge in [-0.3, -0.25) is 0 Å². The number of hydrogen-bond acceptors (Lipinski definition) is 1. The molecule has 0 radical (unpaired) electrons. The predicted octanol–water partition coefficient (Wildman–Crippen LogP) is 6.98. The van der Waals surface area contributed by atoms with E-state index in [2.05, 4.69) is 4.74 Å². The average Bonchev–Trinajstić information content (AvgIpc) is 2.52. The van der Waals surface area contributed by atoms with Crippen LogP contribution in [0.25, 0.3) is 0 Å². The van der Waals surface area contributed by atoms with E-state index in [1.165, 1.54) is 6.07 Å². The van der Waals surface area contributed by atoms with E-state index in [0.29, 0.717) is 12.0 Å². The SMILES string of the molecule is CCCCCc1ccc(C(F)(F)Oc2cc(F)c(C(F)(F)F)c(F)c2)c(F)c1. The Kier molecular flexibility index (Phi) is 6.56. The van der Waals surface area contributed by atoms with Crippen molar-refractivity contribution in [3.63, 3.8) is 0 Å². The van der Waals surface area contributed by atoms with E-state index in [9.17, 15) is 35.1 Å². The van der Waals surface area contributed by atoms with E-state index in [4.69, 9.17) is 0 Å². The van der Waals surface area contributed by atoms with Gasteiger partial charge in [-0.25, -0.2) is 13.2 Å². The number of unbranched alkanes of at least 4 members (excludes halogenated alkanes) is 2. The van der Waals surface area contributed by atoms with Crippen LogP contribution in [-0.2, 0) is 18.7 Å². The van der Waals surface area contributed by atoms with E-state index in [1.54, 1.807) is 0 Å². The lowest BCUT2D eigenvalue weighted by Gasteiger charge is -2.20. The van der Waals surface area contributed by atoms with Crippen LogP contribution in [0, 0.1) is 17.5 Å². The highest BCUT2D eigenvalue weighted by Gasteiger charge is 2.41. The molecule has 0 aromatic heterocycles. The summed E-state index contributed by atoms with van der Waals surface area (Å²) < 4.78 is 111. The predicted molar refractivity (Wildman–Crippen MR) is 85.5 cm³/mol. The van der Waals surface area contributed by atoms with Crippen molar-refractivity contribution in [1.29, 1.82) is 0 Å². The second-order valence-corrected chi connectivity index (χ2v) is 6.15. The summed E-state index contributed by atoms with van der Waals surface area (Å²) >= 11 is 0. The molecule has 2 aromatic carbocycles. The Hall–Kier alpha value is -2.32. The van der Waals surface area contributed by atoms with Crippen LogP contribution in [0.2, 0.25) is 0 Å². The lowest BCUT2D eigenvalue weighted by Crippen LogP contribution is -2.24. The minimum absolute atomic E-state index is 0.0309. The first-order valence-electron chi connectivity index (χ1n) is 8.37. The van der Waals surface area contributed by atoms with Gasteiger partial charge in [0.15, 0.2) is 0 Å². The smallest absolute Gasteiger partial charge is 0.429 e. The van der Waals surface area contributed by atoms with Crippen molar-refractivity contribution < 1.29 is 39.9 Å². The highest BCUT2D eigenvalue weighted by Crippen LogP contribution is 2.38. The lowest BCUT2D eigenvalue weighted by atomic mass is 10.0. The van der Waals surface area contributed by atoms with Crippen LogP contribution in [0.15, 0.2) is 30.3 Å². The van der Waals surface area contributed by atoms with E-state index in [-0.39, 0.29) is 12.1 Å². The topological polar surface area (TPSA) is 9.23 Å². The molecule has 9 heteroatoms. The maximum Gasteiger partial charge on any atom is 0.429 e. The molecular formula is C19H16F8O. The molecule has 28 heavy (non-hydrogen) atoms. The van der Waals surface area contributed by atoms with Gasteiger partial charge in [-0.15, -0.1) is 0 Å². The van der Waals surface area contributed by atoms with Gasteiger partial charge in [-0.05, 0) is 30.5 Å². The van der Waals surface area contributed by atoms with Crippen molar-refractivity contribution in [2.45, 2.75) is 44.9 Å². The summed E-state index contributed by atoms with van der Waals surface area (Å²) in [4.78, 5) is 0. The first-order chi connectivity index (χ1) is 13.0. The number of halogens is 8. The van der Waals surface area contributed by atoms with Gasteiger partial charge in [0.25, 0.3) is 0 Å². The molecule has 154 valence electrons. The van der Waals surface area contributed by atoms with Crippen molar-refractivity contribution in [3.8, 4) is 5.75 Å². The van der Waals surface area contributed by atoms with Crippen LogP contribution in [0.3, 0.4) is 0 Å². The molecule has 1 nitrogen and oxygen atoms in total. The first-order valence-corrected chi connectivity index (χ1v) is 8.37. The molecule has 2 aromatic rings. The average molecular weight is 412 g/mol. The van der Waals surface area contributed by atoms with Crippen LogP contribution >= 0.6 is 0 Å². The fraction of sp³-hybridized carbons (Fsp3) is 0.368. The van der Waals surface area contributed by atoms with Gasteiger partial charge in [0.1, 0.15) is 28.8 Å². The van der Waals surface area contributed by atoms with Gasteiger partial charge >= 0.3 is 12.3 Å². The molecule has 0 aliphatic carbocycles. The highest BCUT2D eigenvalue weighted by atomic mass is 19.4. The third-order valence-corrected chi connectivity index (χ3v) is 3.96. The molecule has 0 saturated carbocycles. The van der Waals surface area contributed by atoms with Crippen molar-refractivity contribution in [2.24, 2.45) is 0 Å². The summed E-state index contributed by atoms with van der Waals surface area (Å²) in [5.74, 6) is -6.75. The van der Waals surface area contributed by atoms with E-state index in [1.807, 2.05) is 6.92 Å². The zero-order valence-corrected chi connectivity index (χ0v) is 14.6. The molecule has 0 fully saturated rings. The molecule has 0 spiro atoms. The molecule has 0 atom stereocenters. The Labute approximate surface area is 155 Å². The third-order valence-electron chi connectivity index (χ3n) is 3.96. The number of benzene rings is 2. The van der Waals surface area contributed by atoms with Gasteiger partial charge < -0.3 is 4.74 Å². The summed E-state index contributed by atoms with van der Waals surface area (Å²) in [6.45, 7) is 1.97.